The summed E-state index contributed by atoms with van der Waals surface area (Å²) in [5, 5.41) is 3.05. The van der Waals surface area contributed by atoms with E-state index in [9.17, 15) is 4.79 Å². The van der Waals surface area contributed by atoms with Crippen LogP contribution in [0, 0.1) is 0 Å². The van der Waals surface area contributed by atoms with Crippen molar-refractivity contribution in [3.05, 3.63) is 36.0 Å². The van der Waals surface area contributed by atoms with E-state index >= 15 is 0 Å². The van der Waals surface area contributed by atoms with Crippen molar-refractivity contribution in [2.24, 2.45) is 0 Å². The third kappa shape index (κ3) is 5.03. The molecule has 3 rings (SSSR count). The van der Waals surface area contributed by atoms with Crippen LogP contribution in [0.2, 0.25) is 0 Å². The lowest BCUT2D eigenvalue weighted by Crippen LogP contribution is -2.47. The Balaban J connectivity index is 1.94. The van der Waals surface area contributed by atoms with E-state index in [1.807, 2.05) is 31.2 Å². The smallest absolute Gasteiger partial charge is 0.256 e. The summed E-state index contributed by atoms with van der Waals surface area (Å²) in [5.41, 5.74) is 1.43. The highest BCUT2D eigenvalue weighted by Crippen LogP contribution is 2.25. The number of rotatable bonds is 7. The lowest BCUT2D eigenvalue weighted by Gasteiger charge is -2.35. The zero-order valence-corrected chi connectivity index (χ0v) is 17.8. The molecule has 1 fully saturated rings. The highest BCUT2D eigenvalue weighted by molar-refractivity contribution is 5.99. The number of carbonyl (C=O) groups is 1. The van der Waals surface area contributed by atoms with E-state index in [0.717, 1.165) is 50.5 Å². The fourth-order valence-electron chi connectivity index (χ4n) is 3.33. The second-order valence-electron chi connectivity index (χ2n) is 7.36. The molecule has 0 spiro atoms. The van der Waals surface area contributed by atoms with Crippen molar-refractivity contribution >= 4 is 11.7 Å². The Labute approximate surface area is 173 Å². The number of nitrogens with zero attached hydrogens (tertiary/aromatic N) is 4. The van der Waals surface area contributed by atoms with Crippen molar-refractivity contribution < 1.29 is 9.53 Å². The molecule has 29 heavy (non-hydrogen) atoms. The number of ether oxygens (including phenoxy) is 1. The summed E-state index contributed by atoms with van der Waals surface area (Å²) in [5.74, 6) is 1.99. The molecule has 0 saturated carbocycles. The van der Waals surface area contributed by atoms with Crippen LogP contribution in [0.5, 0.6) is 5.75 Å². The molecule has 0 radical (unpaired) electrons. The monoisotopic (exact) mass is 397 g/mol. The van der Waals surface area contributed by atoms with Crippen LogP contribution in [-0.4, -0.2) is 66.7 Å². The summed E-state index contributed by atoms with van der Waals surface area (Å²) in [6, 6.07) is 7.76. The van der Waals surface area contributed by atoms with Crippen LogP contribution in [0.1, 0.15) is 37.6 Å². The lowest BCUT2D eigenvalue weighted by atomic mass is 10.1. The first-order chi connectivity index (χ1) is 14.0. The van der Waals surface area contributed by atoms with Crippen molar-refractivity contribution in [3.8, 4) is 17.1 Å². The van der Waals surface area contributed by atoms with Crippen LogP contribution < -0.4 is 15.0 Å². The van der Waals surface area contributed by atoms with Crippen LogP contribution in [-0.2, 0) is 0 Å². The molecule has 1 unspecified atom stereocenters. The Kier molecular flexibility index (Phi) is 7.04. The minimum atomic E-state index is -0.117. The third-order valence-corrected chi connectivity index (χ3v) is 5.47. The second-order valence-corrected chi connectivity index (χ2v) is 7.36. The number of methoxy groups -OCH3 is 1. The van der Waals surface area contributed by atoms with E-state index in [2.05, 4.69) is 33.9 Å². The Hall–Kier alpha value is -2.67. The van der Waals surface area contributed by atoms with Crippen LogP contribution in [0.4, 0.5) is 5.82 Å². The molecular weight excluding hydrogens is 366 g/mol. The fourth-order valence-corrected chi connectivity index (χ4v) is 3.33. The van der Waals surface area contributed by atoms with Crippen molar-refractivity contribution in [1.29, 1.82) is 0 Å². The maximum atomic E-state index is 12.9. The number of amides is 1. The molecule has 156 valence electrons. The van der Waals surface area contributed by atoms with Gasteiger partial charge in [0, 0.05) is 44.0 Å². The first kappa shape index (κ1) is 21.0. The molecule has 7 heteroatoms. The maximum absolute atomic E-state index is 12.9. The number of piperazine rings is 1. The predicted octanol–water partition coefficient (Wildman–Crippen LogP) is 2.82. The standard InChI is InChI=1S/C22H31N5O2/c1-5-16(3)24-22(28)19-15-23-20(17-7-9-18(29-4)10-8-17)25-21(19)27-13-11-26(6-2)12-14-27/h7-10,15-16H,5-6,11-14H2,1-4H3,(H,24,28). The van der Waals surface area contributed by atoms with Crippen LogP contribution >= 0.6 is 0 Å². The Bertz CT molecular complexity index is 816. The van der Waals surface area contributed by atoms with E-state index < -0.39 is 0 Å². The predicted molar refractivity (Wildman–Crippen MR) is 116 cm³/mol. The number of hydrogen-bond acceptors (Lipinski definition) is 6. The minimum absolute atomic E-state index is 0.105. The van der Waals surface area contributed by atoms with E-state index in [-0.39, 0.29) is 11.9 Å². The van der Waals surface area contributed by atoms with Crippen molar-refractivity contribution in [1.82, 2.24) is 20.2 Å². The summed E-state index contributed by atoms with van der Waals surface area (Å²) in [7, 11) is 1.64. The summed E-state index contributed by atoms with van der Waals surface area (Å²) in [6.07, 6.45) is 2.53. The third-order valence-electron chi connectivity index (χ3n) is 5.47. The molecule has 1 aliphatic heterocycles. The first-order valence-corrected chi connectivity index (χ1v) is 10.3. The van der Waals surface area contributed by atoms with Crippen LogP contribution in [0.15, 0.2) is 30.5 Å². The number of hydrogen-bond donors (Lipinski definition) is 1. The minimum Gasteiger partial charge on any atom is -0.497 e. The lowest BCUT2D eigenvalue weighted by molar-refractivity contribution is 0.0939. The number of nitrogens with one attached hydrogen (secondary N) is 1. The van der Waals surface area contributed by atoms with Crippen molar-refractivity contribution in [3.63, 3.8) is 0 Å². The van der Waals surface area contributed by atoms with Crippen LogP contribution in [0.25, 0.3) is 11.4 Å². The SMILES string of the molecule is CCC(C)NC(=O)c1cnc(-c2ccc(OC)cc2)nc1N1CCN(CC)CC1. The average Bonchev–Trinajstić information content (AvgIpc) is 2.78. The molecule has 1 N–H and O–H groups in total. The highest BCUT2D eigenvalue weighted by atomic mass is 16.5. The van der Waals surface area contributed by atoms with E-state index in [1.165, 1.54) is 0 Å². The molecule has 1 amide bonds. The van der Waals surface area contributed by atoms with Gasteiger partial charge in [0.2, 0.25) is 0 Å². The zero-order chi connectivity index (χ0) is 20.8. The van der Waals surface area contributed by atoms with Crippen LogP contribution in [0.3, 0.4) is 0 Å². The van der Waals surface area contributed by atoms with Gasteiger partial charge in [0.05, 0.1) is 7.11 Å². The molecule has 1 aromatic heterocycles. The van der Waals surface area contributed by atoms with Crippen molar-refractivity contribution in [2.75, 3.05) is 44.7 Å². The van der Waals surface area contributed by atoms with Crippen molar-refractivity contribution in [2.45, 2.75) is 33.2 Å². The van der Waals surface area contributed by atoms with Gasteiger partial charge >= 0.3 is 0 Å². The van der Waals surface area contributed by atoms with Gasteiger partial charge in [0.25, 0.3) is 5.91 Å². The number of carbonyl (C=O) groups excluding carboxylic acids is 1. The molecule has 0 bridgehead atoms. The second kappa shape index (κ2) is 9.69. The fraction of sp³-hybridized carbons (Fsp3) is 0.500. The van der Waals surface area contributed by atoms with Gasteiger partial charge in [0.1, 0.15) is 17.1 Å². The summed E-state index contributed by atoms with van der Waals surface area (Å²) < 4.78 is 5.24. The topological polar surface area (TPSA) is 70.6 Å². The number of anilines is 1. The molecule has 1 aromatic carbocycles. The van der Waals surface area contributed by atoms with Gasteiger partial charge in [-0.15, -0.1) is 0 Å². The molecule has 0 aliphatic carbocycles. The number of aromatic nitrogens is 2. The van der Waals surface area contributed by atoms with Gasteiger partial charge in [-0.2, -0.15) is 0 Å². The van der Waals surface area contributed by atoms with E-state index in [4.69, 9.17) is 9.72 Å². The normalized spacial score (nSPS) is 15.8. The quantitative estimate of drug-likeness (QED) is 0.775. The largest absolute Gasteiger partial charge is 0.497 e. The Morgan fingerprint density at radius 2 is 1.86 bits per heavy atom. The highest BCUT2D eigenvalue weighted by Gasteiger charge is 2.24. The number of likely N-dealkylation sites (N-methyl/N-ethyl adjacent to an activating group) is 1. The van der Waals surface area contributed by atoms with Gasteiger partial charge < -0.3 is 19.9 Å². The summed E-state index contributed by atoms with van der Waals surface area (Å²) >= 11 is 0. The molecule has 1 atom stereocenters. The summed E-state index contributed by atoms with van der Waals surface area (Å²) in [6.45, 7) is 10.9. The Morgan fingerprint density at radius 1 is 1.17 bits per heavy atom. The zero-order valence-electron chi connectivity index (χ0n) is 17.8. The Morgan fingerprint density at radius 3 is 2.45 bits per heavy atom. The molecule has 7 nitrogen and oxygen atoms in total. The molecule has 1 aliphatic rings. The van der Waals surface area contributed by atoms with Gasteiger partial charge in [-0.25, -0.2) is 9.97 Å². The first-order valence-electron chi connectivity index (χ1n) is 10.3. The van der Waals surface area contributed by atoms with Gasteiger partial charge in [-0.3, -0.25) is 4.79 Å². The van der Waals surface area contributed by atoms with E-state index in [0.29, 0.717) is 17.2 Å². The van der Waals surface area contributed by atoms with Gasteiger partial charge in [-0.1, -0.05) is 13.8 Å². The van der Waals surface area contributed by atoms with Gasteiger partial charge in [-0.05, 0) is 44.2 Å². The molecule has 1 saturated heterocycles. The molecule has 2 heterocycles. The van der Waals surface area contributed by atoms with E-state index in [1.54, 1.807) is 13.3 Å². The molecular formula is C22H31N5O2. The average molecular weight is 398 g/mol. The maximum Gasteiger partial charge on any atom is 0.256 e. The molecule has 2 aromatic rings. The number of benzene rings is 1. The van der Waals surface area contributed by atoms with Gasteiger partial charge in [0.15, 0.2) is 5.82 Å². The summed E-state index contributed by atoms with van der Waals surface area (Å²) in [4.78, 5) is 26.8.